The van der Waals surface area contributed by atoms with E-state index in [1.165, 1.54) is 22.1 Å². The molecule has 0 spiro atoms. The molecule has 90 valence electrons. The van der Waals surface area contributed by atoms with Crippen LogP contribution in [0, 0.1) is 0 Å². The molecule has 2 aromatic rings. The van der Waals surface area contributed by atoms with Crippen LogP contribution in [-0.2, 0) is 6.61 Å². The Labute approximate surface area is 107 Å². The van der Waals surface area contributed by atoms with Crippen molar-refractivity contribution in [2.24, 2.45) is 0 Å². The fraction of sp³-hybridized carbons (Fsp3) is 0.176. The average molecular weight is 236 g/mol. The van der Waals surface area contributed by atoms with E-state index in [2.05, 4.69) is 43.3 Å². The Morgan fingerprint density at radius 2 is 1.94 bits per heavy atom. The van der Waals surface area contributed by atoms with Crippen LogP contribution in [0.15, 0.2) is 54.1 Å². The van der Waals surface area contributed by atoms with Crippen LogP contribution >= 0.6 is 0 Å². The Bertz CT molecular complexity index is 662. The number of aliphatic hydroxyl groups excluding tert-OH is 1. The van der Waals surface area contributed by atoms with Crippen molar-refractivity contribution in [3.63, 3.8) is 0 Å². The summed E-state index contributed by atoms with van der Waals surface area (Å²) in [4.78, 5) is 0. The van der Waals surface area contributed by atoms with Gasteiger partial charge in [0.2, 0.25) is 0 Å². The predicted octanol–water partition coefficient (Wildman–Crippen LogP) is 4.07. The third-order valence-corrected chi connectivity index (χ3v) is 3.59. The van der Waals surface area contributed by atoms with E-state index in [1.807, 2.05) is 12.1 Å². The van der Waals surface area contributed by atoms with Gasteiger partial charge in [-0.1, -0.05) is 54.1 Å². The van der Waals surface area contributed by atoms with Crippen LogP contribution in [0.5, 0.6) is 0 Å². The maximum atomic E-state index is 9.70. The molecule has 1 N–H and O–H groups in total. The normalized spacial score (nSPS) is 14.8. The second-order valence-electron chi connectivity index (χ2n) is 4.79. The van der Waals surface area contributed by atoms with Gasteiger partial charge < -0.3 is 5.11 Å². The molecule has 0 atom stereocenters. The van der Waals surface area contributed by atoms with E-state index >= 15 is 0 Å². The monoisotopic (exact) mass is 236 g/mol. The number of hydrogen-bond acceptors (Lipinski definition) is 1. The van der Waals surface area contributed by atoms with Gasteiger partial charge in [0.25, 0.3) is 0 Å². The third-order valence-electron chi connectivity index (χ3n) is 3.59. The van der Waals surface area contributed by atoms with Crippen molar-refractivity contribution in [3.05, 3.63) is 65.3 Å². The molecular formula is C17H16O. The van der Waals surface area contributed by atoms with Gasteiger partial charge in [-0.2, -0.15) is 0 Å². The first-order chi connectivity index (χ1) is 8.79. The molecule has 0 heterocycles. The molecular weight excluding hydrogens is 220 g/mol. The second kappa shape index (κ2) is 4.43. The third kappa shape index (κ3) is 1.77. The van der Waals surface area contributed by atoms with Crippen molar-refractivity contribution in [2.45, 2.75) is 20.0 Å². The Kier molecular flexibility index (Phi) is 2.77. The first kappa shape index (κ1) is 11.2. The quantitative estimate of drug-likeness (QED) is 0.833. The van der Waals surface area contributed by atoms with Gasteiger partial charge in [0, 0.05) is 0 Å². The van der Waals surface area contributed by atoms with E-state index in [0.717, 1.165) is 17.4 Å². The number of rotatable bonds is 2. The van der Waals surface area contributed by atoms with E-state index in [4.69, 9.17) is 0 Å². The van der Waals surface area contributed by atoms with Gasteiger partial charge in [0.15, 0.2) is 0 Å². The van der Waals surface area contributed by atoms with E-state index in [1.54, 1.807) is 0 Å². The Morgan fingerprint density at radius 1 is 1.11 bits per heavy atom. The van der Waals surface area contributed by atoms with E-state index in [9.17, 15) is 5.11 Å². The summed E-state index contributed by atoms with van der Waals surface area (Å²) in [5.41, 5.74) is 4.84. The number of aliphatic hydroxyl groups is 1. The highest BCUT2D eigenvalue weighted by Gasteiger charge is 2.12. The highest BCUT2D eigenvalue weighted by atomic mass is 16.3. The van der Waals surface area contributed by atoms with E-state index < -0.39 is 0 Å². The Hall–Kier alpha value is -1.86. The summed E-state index contributed by atoms with van der Waals surface area (Å²) in [5.74, 6) is 0. The second-order valence-corrected chi connectivity index (χ2v) is 4.79. The average Bonchev–Trinajstić information content (AvgIpc) is 2.84. The number of benzene rings is 2. The minimum atomic E-state index is 0.0904. The minimum absolute atomic E-state index is 0.0904. The van der Waals surface area contributed by atoms with Crippen LogP contribution in [0.2, 0.25) is 0 Å². The number of hydrogen-bond donors (Lipinski definition) is 1. The zero-order valence-electron chi connectivity index (χ0n) is 10.5. The van der Waals surface area contributed by atoms with Crippen molar-refractivity contribution in [2.75, 3.05) is 0 Å². The molecule has 0 aliphatic heterocycles. The van der Waals surface area contributed by atoms with Gasteiger partial charge in [0.1, 0.15) is 0 Å². The maximum absolute atomic E-state index is 9.70. The van der Waals surface area contributed by atoms with Crippen LogP contribution in [0.1, 0.15) is 24.5 Å². The lowest BCUT2D eigenvalue weighted by atomic mass is 9.94. The fourth-order valence-corrected chi connectivity index (χ4v) is 2.66. The molecule has 1 heteroatoms. The summed E-state index contributed by atoms with van der Waals surface area (Å²) in [6, 6.07) is 12.5. The van der Waals surface area contributed by atoms with Crippen molar-refractivity contribution < 1.29 is 5.11 Å². The molecule has 0 amide bonds. The van der Waals surface area contributed by atoms with Gasteiger partial charge in [0.05, 0.1) is 6.61 Å². The molecule has 0 saturated carbocycles. The molecule has 0 saturated heterocycles. The first-order valence-electron chi connectivity index (χ1n) is 6.29. The summed E-state index contributed by atoms with van der Waals surface area (Å²) in [6.07, 6.45) is 5.41. The molecule has 0 aromatic heterocycles. The van der Waals surface area contributed by atoms with Gasteiger partial charge in [-0.3, -0.25) is 0 Å². The summed E-state index contributed by atoms with van der Waals surface area (Å²) in [6.45, 7) is 2.21. The van der Waals surface area contributed by atoms with Crippen LogP contribution < -0.4 is 0 Å². The maximum Gasteiger partial charge on any atom is 0.0693 e. The van der Waals surface area contributed by atoms with Crippen molar-refractivity contribution >= 4 is 16.3 Å². The van der Waals surface area contributed by atoms with E-state index in [0.29, 0.717) is 0 Å². The molecule has 18 heavy (non-hydrogen) atoms. The Morgan fingerprint density at radius 3 is 2.67 bits per heavy atom. The van der Waals surface area contributed by atoms with Crippen LogP contribution in [0.4, 0.5) is 0 Å². The van der Waals surface area contributed by atoms with E-state index in [-0.39, 0.29) is 6.61 Å². The van der Waals surface area contributed by atoms with Crippen LogP contribution in [0.3, 0.4) is 0 Å². The lowest BCUT2D eigenvalue weighted by molar-refractivity contribution is 0.283. The SMILES string of the molecule is CC1=CCC(c2ccc3ccccc3c2CO)=C1. The van der Waals surface area contributed by atoms with Crippen molar-refractivity contribution in [1.29, 1.82) is 0 Å². The summed E-state index contributed by atoms with van der Waals surface area (Å²) >= 11 is 0. The zero-order chi connectivity index (χ0) is 12.5. The highest BCUT2D eigenvalue weighted by Crippen LogP contribution is 2.32. The largest absolute Gasteiger partial charge is 0.392 e. The molecule has 1 aliphatic carbocycles. The molecule has 1 nitrogen and oxygen atoms in total. The number of allylic oxidation sites excluding steroid dienone is 4. The van der Waals surface area contributed by atoms with Crippen LogP contribution in [-0.4, -0.2) is 5.11 Å². The number of fused-ring (bicyclic) bond motifs is 1. The smallest absolute Gasteiger partial charge is 0.0693 e. The standard InChI is InChI=1S/C17H16O/c1-12-6-7-14(10-12)16-9-8-13-4-2-3-5-15(13)17(16)11-18/h2-6,8-10,18H,7,11H2,1H3. The van der Waals surface area contributed by atoms with Gasteiger partial charge >= 0.3 is 0 Å². The molecule has 0 radical (unpaired) electrons. The topological polar surface area (TPSA) is 20.2 Å². The van der Waals surface area contributed by atoms with Gasteiger partial charge in [-0.05, 0) is 40.8 Å². The lowest BCUT2D eigenvalue weighted by Crippen LogP contribution is -1.94. The summed E-state index contributed by atoms with van der Waals surface area (Å²) in [7, 11) is 0. The molecule has 2 aromatic carbocycles. The zero-order valence-corrected chi connectivity index (χ0v) is 10.5. The van der Waals surface area contributed by atoms with Crippen molar-refractivity contribution in [1.82, 2.24) is 0 Å². The molecule has 0 bridgehead atoms. The molecule has 0 unspecified atom stereocenters. The summed E-state index contributed by atoms with van der Waals surface area (Å²) < 4.78 is 0. The Balaban J connectivity index is 2.22. The lowest BCUT2D eigenvalue weighted by Gasteiger charge is -2.12. The van der Waals surface area contributed by atoms with Crippen molar-refractivity contribution in [3.8, 4) is 0 Å². The summed E-state index contributed by atoms with van der Waals surface area (Å²) in [5, 5.41) is 12.0. The first-order valence-corrected chi connectivity index (χ1v) is 6.29. The van der Waals surface area contributed by atoms with Gasteiger partial charge in [-0.15, -0.1) is 0 Å². The highest BCUT2D eigenvalue weighted by molar-refractivity contribution is 5.91. The fourth-order valence-electron chi connectivity index (χ4n) is 2.66. The predicted molar refractivity (Wildman–Crippen MR) is 76.2 cm³/mol. The minimum Gasteiger partial charge on any atom is -0.392 e. The van der Waals surface area contributed by atoms with Gasteiger partial charge in [-0.25, -0.2) is 0 Å². The molecule has 3 rings (SSSR count). The molecule has 0 fully saturated rings. The van der Waals surface area contributed by atoms with Crippen LogP contribution in [0.25, 0.3) is 16.3 Å². The molecule has 1 aliphatic rings.